The van der Waals surface area contributed by atoms with Crippen LogP contribution in [0.5, 0.6) is 0 Å². The molecule has 3 aromatic carbocycles. The Morgan fingerprint density at radius 1 is 0.854 bits per heavy atom. The van der Waals surface area contributed by atoms with E-state index in [0.29, 0.717) is 27.0 Å². The average molecular weight is 603 g/mol. The third-order valence-electron chi connectivity index (χ3n) is 6.01. The van der Waals surface area contributed by atoms with E-state index in [1.807, 2.05) is 48.5 Å². The van der Waals surface area contributed by atoms with Gasteiger partial charge >= 0.3 is 0 Å². The Balaban J connectivity index is 1.56. The van der Waals surface area contributed by atoms with Gasteiger partial charge in [-0.1, -0.05) is 71.2 Å². The molecule has 5 aromatic rings. The van der Waals surface area contributed by atoms with Gasteiger partial charge in [0.2, 0.25) is 0 Å². The van der Waals surface area contributed by atoms with Gasteiger partial charge in [-0.15, -0.1) is 0 Å². The van der Waals surface area contributed by atoms with Crippen molar-refractivity contribution in [2.45, 2.75) is 6.54 Å². The maximum atomic E-state index is 13.5. The predicted octanol–water partition coefficient (Wildman–Crippen LogP) is 6.98. The van der Waals surface area contributed by atoms with E-state index in [2.05, 4.69) is 15.6 Å². The first-order valence-corrected chi connectivity index (χ1v) is 13.6. The number of carbonyl (C=O) groups is 2. The van der Waals surface area contributed by atoms with Crippen molar-refractivity contribution in [3.63, 3.8) is 0 Å². The van der Waals surface area contributed by atoms with E-state index >= 15 is 0 Å². The van der Waals surface area contributed by atoms with Crippen LogP contribution in [0.1, 0.15) is 21.6 Å². The van der Waals surface area contributed by atoms with Crippen LogP contribution in [0.3, 0.4) is 0 Å². The van der Waals surface area contributed by atoms with E-state index in [-0.39, 0.29) is 22.8 Å². The molecule has 2 heterocycles. The Hall–Kier alpha value is -4.43. The molecule has 0 bridgehead atoms. The molecule has 0 atom stereocenters. The van der Waals surface area contributed by atoms with Crippen LogP contribution < -0.4 is 10.6 Å². The van der Waals surface area contributed by atoms with Crippen molar-refractivity contribution in [3.8, 4) is 16.9 Å². The third-order valence-corrected chi connectivity index (χ3v) is 6.81. The number of benzene rings is 3. The second-order valence-electron chi connectivity index (χ2n) is 8.86. The number of aromatic nitrogens is 3. The molecule has 41 heavy (non-hydrogen) atoms. The molecule has 0 aliphatic rings. The van der Waals surface area contributed by atoms with Gasteiger partial charge in [-0.25, -0.2) is 4.68 Å². The molecule has 5 rings (SSSR count). The van der Waals surface area contributed by atoms with Crippen LogP contribution in [-0.2, 0) is 11.3 Å². The standard InChI is InChI=1S/C31H22Cl3N5O2/c32-22-11-9-20(10-12-22)29-21(19-39(38-29)25-7-2-1-3-8-25)16-28(31(41)36-18-24-6-4-5-15-35-24)37-30(40)26-14-13-23(33)17-27(26)34/h1-17,19H,18H2,(H,36,41)(H,37,40)/b28-16-. The first-order chi connectivity index (χ1) is 19.9. The first-order valence-electron chi connectivity index (χ1n) is 12.4. The van der Waals surface area contributed by atoms with Gasteiger partial charge in [-0.3, -0.25) is 14.6 Å². The molecule has 2 amide bonds. The van der Waals surface area contributed by atoms with Crippen LogP contribution in [-0.4, -0.2) is 26.6 Å². The number of amides is 2. The van der Waals surface area contributed by atoms with Gasteiger partial charge in [0.05, 0.1) is 28.5 Å². The summed E-state index contributed by atoms with van der Waals surface area (Å²) < 4.78 is 1.71. The van der Waals surface area contributed by atoms with Gasteiger partial charge in [-0.05, 0) is 60.7 Å². The molecular weight excluding hydrogens is 581 g/mol. The first kappa shape index (κ1) is 28.1. The molecule has 7 nitrogen and oxygen atoms in total. The molecule has 0 unspecified atom stereocenters. The molecule has 0 saturated carbocycles. The second-order valence-corrected chi connectivity index (χ2v) is 10.1. The molecule has 0 saturated heterocycles. The van der Waals surface area contributed by atoms with Crippen LogP contribution in [0.25, 0.3) is 23.0 Å². The van der Waals surface area contributed by atoms with Gasteiger partial charge in [0.15, 0.2) is 0 Å². The Bertz CT molecular complexity index is 1720. The second kappa shape index (κ2) is 12.8. The monoisotopic (exact) mass is 601 g/mol. The van der Waals surface area contributed by atoms with Crippen molar-refractivity contribution in [2.75, 3.05) is 0 Å². The Morgan fingerprint density at radius 2 is 1.59 bits per heavy atom. The summed E-state index contributed by atoms with van der Waals surface area (Å²) in [4.78, 5) is 31.0. The lowest BCUT2D eigenvalue weighted by Gasteiger charge is -2.12. The zero-order chi connectivity index (χ0) is 28.8. The van der Waals surface area contributed by atoms with Crippen molar-refractivity contribution < 1.29 is 9.59 Å². The summed E-state index contributed by atoms with van der Waals surface area (Å²) in [5.74, 6) is -1.10. The van der Waals surface area contributed by atoms with E-state index < -0.39 is 11.8 Å². The lowest BCUT2D eigenvalue weighted by atomic mass is 10.1. The summed E-state index contributed by atoms with van der Waals surface area (Å²) in [7, 11) is 0. The molecular formula is C31H22Cl3N5O2. The molecule has 0 fully saturated rings. The fraction of sp³-hybridized carbons (Fsp3) is 0.0323. The number of carbonyl (C=O) groups excluding carboxylic acids is 2. The number of pyridine rings is 1. The minimum atomic E-state index is -0.575. The summed E-state index contributed by atoms with van der Waals surface area (Å²) in [6, 6.07) is 26.7. The predicted molar refractivity (Wildman–Crippen MR) is 162 cm³/mol. The number of nitrogens with zero attached hydrogens (tertiary/aromatic N) is 3. The number of hydrogen-bond acceptors (Lipinski definition) is 4. The van der Waals surface area contributed by atoms with Gasteiger partial charge in [-0.2, -0.15) is 5.10 Å². The number of para-hydroxylation sites is 1. The third kappa shape index (κ3) is 7.02. The topological polar surface area (TPSA) is 88.9 Å². The fourth-order valence-electron chi connectivity index (χ4n) is 3.98. The maximum Gasteiger partial charge on any atom is 0.268 e. The van der Waals surface area contributed by atoms with Crippen molar-refractivity contribution in [1.29, 1.82) is 0 Å². The van der Waals surface area contributed by atoms with E-state index in [1.165, 1.54) is 12.1 Å². The van der Waals surface area contributed by atoms with E-state index in [4.69, 9.17) is 39.9 Å². The highest BCUT2D eigenvalue weighted by atomic mass is 35.5. The van der Waals surface area contributed by atoms with Crippen molar-refractivity contribution in [2.24, 2.45) is 0 Å². The zero-order valence-corrected chi connectivity index (χ0v) is 23.7. The average Bonchev–Trinajstić information content (AvgIpc) is 3.40. The number of rotatable bonds is 8. The Labute approximate surface area is 251 Å². The van der Waals surface area contributed by atoms with Gasteiger partial charge in [0, 0.05) is 33.6 Å². The van der Waals surface area contributed by atoms with Crippen LogP contribution in [0.4, 0.5) is 0 Å². The summed E-state index contributed by atoms with van der Waals surface area (Å²) in [6.07, 6.45) is 5.00. The quantitative estimate of drug-likeness (QED) is 0.188. The highest BCUT2D eigenvalue weighted by Gasteiger charge is 2.19. The van der Waals surface area contributed by atoms with Crippen molar-refractivity contribution in [3.05, 3.63) is 141 Å². The molecule has 10 heteroatoms. The number of nitrogens with one attached hydrogen (secondary N) is 2. The van der Waals surface area contributed by atoms with E-state index in [9.17, 15) is 9.59 Å². The van der Waals surface area contributed by atoms with Gasteiger partial charge < -0.3 is 10.6 Å². The van der Waals surface area contributed by atoms with Gasteiger partial charge in [0.25, 0.3) is 11.8 Å². The molecule has 204 valence electrons. The summed E-state index contributed by atoms with van der Waals surface area (Å²) in [5, 5.41) is 11.4. The maximum absolute atomic E-state index is 13.5. The normalized spacial score (nSPS) is 11.2. The Kier molecular flexibility index (Phi) is 8.79. The number of hydrogen-bond donors (Lipinski definition) is 2. The SMILES string of the molecule is O=C(NCc1ccccn1)/C(=C/c1cn(-c2ccccc2)nc1-c1ccc(Cl)cc1)NC(=O)c1ccc(Cl)cc1Cl. The van der Waals surface area contributed by atoms with Crippen molar-refractivity contribution in [1.82, 2.24) is 25.4 Å². The summed E-state index contributed by atoms with van der Waals surface area (Å²) >= 11 is 18.4. The summed E-state index contributed by atoms with van der Waals surface area (Å²) in [6.45, 7) is 0.155. The van der Waals surface area contributed by atoms with Gasteiger partial charge in [0.1, 0.15) is 11.4 Å². The zero-order valence-electron chi connectivity index (χ0n) is 21.4. The van der Waals surface area contributed by atoms with E-state index in [0.717, 1.165) is 11.3 Å². The minimum Gasteiger partial charge on any atom is -0.345 e. The van der Waals surface area contributed by atoms with Crippen LogP contribution in [0.15, 0.2) is 109 Å². The van der Waals surface area contributed by atoms with Crippen LogP contribution in [0.2, 0.25) is 15.1 Å². The van der Waals surface area contributed by atoms with Crippen molar-refractivity contribution >= 4 is 52.7 Å². The molecule has 2 N–H and O–H groups in total. The molecule has 2 aromatic heterocycles. The number of halogens is 3. The molecule has 0 radical (unpaired) electrons. The largest absolute Gasteiger partial charge is 0.345 e. The van der Waals surface area contributed by atoms with Crippen LogP contribution >= 0.6 is 34.8 Å². The molecule has 0 aliphatic carbocycles. The lowest BCUT2D eigenvalue weighted by Crippen LogP contribution is -2.34. The van der Waals surface area contributed by atoms with Crippen LogP contribution in [0, 0.1) is 0 Å². The molecule has 0 spiro atoms. The van der Waals surface area contributed by atoms with E-state index in [1.54, 1.807) is 53.5 Å². The highest BCUT2D eigenvalue weighted by molar-refractivity contribution is 6.36. The fourth-order valence-corrected chi connectivity index (χ4v) is 4.60. The minimum absolute atomic E-state index is 0.0141. The summed E-state index contributed by atoms with van der Waals surface area (Å²) in [5.41, 5.74) is 3.57. The smallest absolute Gasteiger partial charge is 0.268 e. The Morgan fingerprint density at radius 3 is 2.29 bits per heavy atom. The lowest BCUT2D eigenvalue weighted by molar-refractivity contribution is -0.117. The highest BCUT2D eigenvalue weighted by Crippen LogP contribution is 2.27. The molecule has 0 aliphatic heterocycles.